The Labute approximate surface area is 157 Å². The van der Waals surface area contributed by atoms with Crippen molar-refractivity contribution in [1.29, 1.82) is 0 Å². The zero-order chi connectivity index (χ0) is 19.7. The molecular formula is C18H23F3N2O3S. The molecule has 1 amide bonds. The fourth-order valence-corrected chi connectivity index (χ4v) is 5.28. The summed E-state index contributed by atoms with van der Waals surface area (Å²) in [6.45, 7) is 0.452. The van der Waals surface area contributed by atoms with Gasteiger partial charge < -0.3 is 4.90 Å². The highest BCUT2D eigenvalue weighted by molar-refractivity contribution is 7.89. The van der Waals surface area contributed by atoms with Crippen molar-refractivity contribution in [2.24, 2.45) is 11.8 Å². The monoisotopic (exact) mass is 404 g/mol. The van der Waals surface area contributed by atoms with Crippen molar-refractivity contribution in [3.8, 4) is 0 Å². The summed E-state index contributed by atoms with van der Waals surface area (Å²) in [7, 11) is -3.60. The van der Waals surface area contributed by atoms with E-state index in [1.54, 1.807) is 18.2 Å². The molecule has 0 N–H and O–H groups in total. The topological polar surface area (TPSA) is 57.7 Å². The van der Waals surface area contributed by atoms with Gasteiger partial charge in [0.15, 0.2) is 0 Å². The predicted molar refractivity (Wildman–Crippen MR) is 93.3 cm³/mol. The van der Waals surface area contributed by atoms with Crippen molar-refractivity contribution in [1.82, 2.24) is 9.21 Å². The molecule has 1 unspecified atom stereocenters. The van der Waals surface area contributed by atoms with Gasteiger partial charge in [0.05, 0.1) is 10.8 Å². The van der Waals surface area contributed by atoms with Gasteiger partial charge in [-0.1, -0.05) is 18.2 Å². The fraction of sp³-hybridized carbons (Fsp3) is 0.611. The van der Waals surface area contributed by atoms with Gasteiger partial charge in [0.1, 0.15) is 0 Å². The normalized spacial score (nSPS) is 23.4. The number of hydrogen-bond acceptors (Lipinski definition) is 3. The highest BCUT2D eigenvalue weighted by Crippen LogP contribution is 2.34. The van der Waals surface area contributed by atoms with Crippen molar-refractivity contribution in [2.45, 2.75) is 36.8 Å². The number of carbonyl (C=O) groups excluding carboxylic acids is 1. The van der Waals surface area contributed by atoms with E-state index in [4.69, 9.17) is 0 Å². The summed E-state index contributed by atoms with van der Waals surface area (Å²) >= 11 is 0. The van der Waals surface area contributed by atoms with Crippen LogP contribution in [0.2, 0.25) is 0 Å². The average molecular weight is 404 g/mol. The molecule has 5 nitrogen and oxygen atoms in total. The Morgan fingerprint density at radius 1 is 1.00 bits per heavy atom. The zero-order valence-electron chi connectivity index (χ0n) is 14.9. The second kappa shape index (κ2) is 7.79. The first-order chi connectivity index (χ1) is 12.7. The molecule has 0 saturated carbocycles. The Morgan fingerprint density at radius 3 is 2.22 bits per heavy atom. The summed E-state index contributed by atoms with van der Waals surface area (Å²) in [5.74, 6) is -2.16. The Morgan fingerprint density at radius 2 is 1.63 bits per heavy atom. The van der Waals surface area contributed by atoms with Crippen LogP contribution in [0, 0.1) is 11.8 Å². The van der Waals surface area contributed by atoms with Crippen molar-refractivity contribution < 1.29 is 26.4 Å². The third-order valence-electron chi connectivity index (χ3n) is 5.38. The number of halogens is 3. The van der Waals surface area contributed by atoms with Crippen LogP contribution in [0.5, 0.6) is 0 Å². The molecular weight excluding hydrogens is 381 g/mol. The molecule has 27 heavy (non-hydrogen) atoms. The summed E-state index contributed by atoms with van der Waals surface area (Å²) in [5, 5.41) is 0. The number of nitrogens with zero attached hydrogens (tertiary/aromatic N) is 2. The van der Waals surface area contributed by atoms with Crippen LogP contribution in [0.25, 0.3) is 0 Å². The van der Waals surface area contributed by atoms with Crippen molar-refractivity contribution in [3.05, 3.63) is 30.3 Å². The number of alkyl halides is 3. The number of sulfonamides is 1. The van der Waals surface area contributed by atoms with E-state index in [1.807, 2.05) is 0 Å². The molecule has 1 aromatic rings. The molecule has 9 heteroatoms. The standard InChI is InChI=1S/C18H23F3N2O3S/c19-18(20,21)15-5-4-10-22(13-15)17(24)14-8-11-23(12-9-14)27(25,26)16-6-2-1-3-7-16/h1-3,6-7,14-15H,4-5,8-13H2. The van der Waals surface area contributed by atoms with Gasteiger partial charge in [-0.3, -0.25) is 4.79 Å². The molecule has 0 spiro atoms. The number of amides is 1. The van der Waals surface area contributed by atoms with Crippen LogP contribution in [0.15, 0.2) is 35.2 Å². The minimum atomic E-state index is -4.29. The highest BCUT2D eigenvalue weighted by Gasteiger charge is 2.43. The minimum Gasteiger partial charge on any atom is -0.342 e. The van der Waals surface area contributed by atoms with Gasteiger partial charge in [-0.05, 0) is 37.8 Å². The van der Waals surface area contributed by atoms with Crippen LogP contribution in [0.3, 0.4) is 0 Å². The van der Waals surface area contributed by atoms with E-state index in [0.717, 1.165) is 0 Å². The second-order valence-corrected chi connectivity index (χ2v) is 9.09. The molecule has 3 rings (SSSR count). The van der Waals surface area contributed by atoms with Gasteiger partial charge in [0, 0.05) is 32.1 Å². The van der Waals surface area contributed by atoms with Gasteiger partial charge in [0.25, 0.3) is 0 Å². The zero-order valence-corrected chi connectivity index (χ0v) is 15.7. The number of hydrogen-bond donors (Lipinski definition) is 0. The molecule has 150 valence electrons. The van der Waals surface area contributed by atoms with Crippen molar-refractivity contribution >= 4 is 15.9 Å². The molecule has 1 atom stereocenters. The first-order valence-electron chi connectivity index (χ1n) is 9.10. The number of likely N-dealkylation sites (tertiary alicyclic amines) is 1. The lowest BCUT2D eigenvalue weighted by molar-refractivity contribution is -0.188. The summed E-state index contributed by atoms with van der Waals surface area (Å²) < 4.78 is 65.5. The maximum Gasteiger partial charge on any atom is 0.393 e. The number of rotatable bonds is 3. The van der Waals surface area contributed by atoms with E-state index in [9.17, 15) is 26.4 Å². The molecule has 0 radical (unpaired) electrons. The van der Waals surface area contributed by atoms with Crippen molar-refractivity contribution in [3.63, 3.8) is 0 Å². The van der Waals surface area contributed by atoms with Crippen LogP contribution in [-0.4, -0.2) is 55.9 Å². The van der Waals surface area contributed by atoms with Crippen LogP contribution in [0.4, 0.5) is 13.2 Å². The third kappa shape index (κ3) is 4.45. The first kappa shape index (κ1) is 20.1. The van der Waals surface area contributed by atoms with Gasteiger partial charge >= 0.3 is 6.18 Å². The number of piperidine rings is 2. The van der Waals surface area contributed by atoms with E-state index in [-0.39, 0.29) is 36.9 Å². The quantitative estimate of drug-likeness (QED) is 0.779. The van der Waals surface area contributed by atoms with E-state index in [1.165, 1.54) is 21.3 Å². The Hall–Kier alpha value is -1.61. The average Bonchev–Trinajstić information content (AvgIpc) is 2.67. The molecule has 0 aromatic heterocycles. The molecule has 2 fully saturated rings. The third-order valence-corrected chi connectivity index (χ3v) is 7.29. The van der Waals surface area contributed by atoms with E-state index >= 15 is 0 Å². The van der Waals surface area contributed by atoms with Crippen LogP contribution in [0.1, 0.15) is 25.7 Å². The van der Waals surface area contributed by atoms with Crippen molar-refractivity contribution in [2.75, 3.05) is 26.2 Å². The minimum absolute atomic E-state index is 0.0566. The van der Waals surface area contributed by atoms with Gasteiger partial charge in [-0.2, -0.15) is 17.5 Å². The molecule has 2 aliphatic rings. The summed E-state index contributed by atoms with van der Waals surface area (Å²) in [6, 6.07) is 8.08. The van der Waals surface area contributed by atoms with Crippen LogP contribution >= 0.6 is 0 Å². The Kier molecular flexibility index (Phi) is 5.81. The lowest BCUT2D eigenvalue weighted by Gasteiger charge is -2.38. The predicted octanol–water partition coefficient (Wildman–Crippen LogP) is 2.89. The van der Waals surface area contributed by atoms with E-state index in [2.05, 4.69) is 0 Å². The van der Waals surface area contributed by atoms with Gasteiger partial charge in [0.2, 0.25) is 15.9 Å². The van der Waals surface area contributed by atoms with Crippen LogP contribution in [-0.2, 0) is 14.8 Å². The SMILES string of the molecule is O=C(C1CCN(S(=O)(=O)c2ccccc2)CC1)N1CCCC(C(F)(F)F)C1. The van der Waals surface area contributed by atoms with Crippen LogP contribution < -0.4 is 0 Å². The second-order valence-electron chi connectivity index (χ2n) is 7.16. The maximum absolute atomic E-state index is 13.0. The largest absolute Gasteiger partial charge is 0.393 e. The Balaban J connectivity index is 1.60. The molecule has 1 aromatic carbocycles. The number of carbonyl (C=O) groups is 1. The molecule has 0 bridgehead atoms. The lowest BCUT2D eigenvalue weighted by Crippen LogP contribution is -2.49. The lowest BCUT2D eigenvalue weighted by atomic mass is 9.92. The van der Waals surface area contributed by atoms with Gasteiger partial charge in [-0.25, -0.2) is 8.42 Å². The molecule has 0 aliphatic carbocycles. The summed E-state index contributed by atoms with van der Waals surface area (Å²) in [4.78, 5) is 14.2. The smallest absolute Gasteiger partial charge is 0.342 e. The van der Waals surface area contributed by atoms with E-state index in [0.29, 0.717) is 25.8 Å². The molecule has 2 saturated heterocycles. The van der Waals surface area contributed by atoms with E-state index < -0.39 is 28.0 Å². The molecule has 2 aliphatic heterocycles. The summed E-state index contributed by atoms with van der Waals surface area (Å²) in [5.41, 5.74) is 0. The number of benzene rings is 1. The highest BCUT2D eigenvalue weighted by atomic mass is 32.2. The first-order valence-corrected chi connectivity index (χ1v) is 10.5. The molecule has 2 heterocycles. The maximum atomic E-state index is 13.0. The Bertz CT molecular complexity index is 760. The van der Waals surface area contributed by atoms with Gasteiger partial charge in [-0.15, -0.1) is 0 Å². The summed E-state index contributed by atoms with van der Waals surface area (Å²) in [6.07, 6.45) is -3.22. The fourth-order valence-electron chi connectivity index (χ4n) is 3.79.